The smallest absolute Gasteiger partial charge is 0.225 e. The third-order valence-corrected chi connectivity index (χ3v) is 3.62. The second kappa shape index (κ2) is 7.47. The van der Waals surface area contributed by atoms with Crippen molar-refractivity contribution < 1.29 is 4.79 Å². The Morgan fingerprint density at radius 1 is 1.26 bits per heavy atom. The van der Waals surface area contributed by atoms with E-state index < -0.39 is 0 Å². The first-order valence-electron chi connectivity index (χ1n) is 7.65. The normalized spacial score (nSPS) is 10.7. The molecule has 4 nitrogen and oxygen atoms in total. The first-order chi connectivity index (χ1) is 10.8. The summed E-state index contributed by atoms with van der Waals surface area (Å²) in [7, 11) is 0. The molecule has 1 heterocycles. The summed E-state index contributed by atoms with van der Waals surface area (Å²) in [6, 6.07) is 7.64. The minimum Gasteiger partial charge on any atom is -0.353 e. The molecule has 0 aliphatic heterocycles. The summed E-state index contributed by atoms with van der Waals surface area (Å²) in [5, 5.41) is 6.74. The molecule has 0 saturated heterocycles. The van der Waals surface area contributed by atoms with Crippen LogP contribution in [0.15, 0.2) is 30.5 Å². The van der Waals surface area contributed by atoms with Crippen LogP contribution in [0, 0.1) is 19.8 Å². The Morgan fingerprint density at radius 2 is 2.00 bits per heavy atom. The van der Waals surface area contributed by atoms with Crippen LogP contribution in [-0.4, -0.2) is 10.9 Å². The topological polar surface area (TPSA) is 54.0 Å². The molecule has 1 aromatic carbocycles. The van der Waals surface area contributed by atoms with E-state index in [2.05, 4.69) is 21.7 Å². The lowest BCUT2D eigenvalue weighted by Gasteiger charge is -2.13. The molecular weight excluding hydrogens is 310 g/mol. The van der Waals surface area contributed by atoms with Gasteiger partial charge in [0, 0.05) is 6.42 Å². The predicted molar refractivity (Wildman–Crippen MR) is 96.5 cm³/mol. The van der Waals surface area contributed by atoms with Gasteiger partial charge >= 0.3 is 0 Å². The molecule has 5 heteroatoms. The van der Waals surface area contributed by atoms with Crippen LogP contribution in [0.5, 0.6) is 0 Å². The van der Waals surface area contributed by atoms with Crippen LogP contribution in [-0.2, 0) is 4.79 Å². The monoisotopic (exact) mass is 331 g/mol. The number of rotatable bonds is 5. The summed E-state index contributed by atoms with van der Waals surface area (Å²) in [5.74, 6) is 0.848. The molecule has 0 fully saturated rings. The minimum absolute atomic E-state index is 0.0226. The van der Waals surface area contributed by atoms with E-state index in [9.17, 15) is 4.79 Å². The molecule has 122 valence electrons. The lowest BCUT2D eigenvalue weighted by molar-refractivity contribution is -0.116. The number of halogens is 1. The second-order valence-electron chi connectivity index (χ2n) is 6.14. The molecule has 0 bridgehead atoms. The van der Waals surface area contributed by atoms with Crippen molar-refractivity contribution in [3.8, 4) is 0 Å². The molecule has 0 aliphatic rings. The number of pyridine rings is 1. The highest BCUT2D eigenvalue weighted by molar-refractivity contribution is 6.33. The molecule has 0 radical (unpaired) electrons. The fraction of sp³-hybridized carbons (Fsp3) is 0.333. The van der Waals surface area contributed by atoms with Gasteiger partial charge in [0.2, 0.25) is 5.91 Å². The van der Waals surface area contributed by atoms with Gasteiger partial charge in [0.1, 0.15) is 5.82 Å². The summed E-state index contributed by atoms with van der Waals surface area (Å²) in [4.78, 5) is 16.0. The Hall–Kier alpha value is -2.07. The van der Waals surface area contributed by atoms with Crippen LogP contribution in [0.3, 0.4) is 0 Å². The number of carbonyl (C=O) groups excluding carboxylic acids is 1. The van der Waals surface area contributed by atoms with E-state index >= 15 is 0 Å². The molecule has 0 aliphatic carbocycles. The van der Waals surface area contributed by atoms with Crippen molar-refractivity contribution >= 4 is 34.7 Å². The molecule has 2 aromatic rings. The number of aryl methyl sites for hydroxylation is 2. The van der Waals surface area contributed by atoms with Gasteiger partial charge in [0.05, 0.1) is 22.6 Å². The van der Waals surface area contributed by atoms with Crippen molar-refractivity contribution in [2.75, 3.05) is 10.6 Å². The van der Waals surface area contributed by atoms with Gasteiger partial charge in [-0.15, -0.1) is 0 Å². The maximum atomic E-state index is 11.7. The van der Waals surface area contributed by atoms with Crippen LogP contribution in [0.25, 0.3) is 0 Å². The molecule has 0 unspecified atom stereocenters. The quantitative estimate of drug-likeness (QED) is 0.803. The van der Waals surface area contributed by atoms with Crippen molar-refractivity contribution in [1.29, 1.82) is 0 Å². The average molecular weight is 332 g/mol. The first kappa shape index (κ1) is 17.3. The van der Waals surface area contributed by atoms with Gasteiger partial charge in [-0.05, 0) is 49.1 Å². The first-order valence-corrected chi connectivity index (χ1v) is 8.02. The van der Waals surface area contributed by atoms with E-state index in [-0.39, 0.29) is 5.91 Å². The minimum atomic E-state index is -0.0226. The van der Waals surface area contributed by atoms with Gasteiger partial charge in [-0.2, -0.15) is 0 Å². The van der Waals surface area contributed by atoms with Crippen molar-refractivity contribution in [1.82, 2.24) is 4.98 Å². The van der Waals surface area contributed by atoms with Gasteiger partial charge in [0.15, 0.2) is 0 Å². The Balaban J connectivity index is 2.07. The van der Waals surface area contributed by atoms with E-state index in [1.165, 1.54) is 0 Å². The fourth-order valence-corrected chi connectivity index (χ4v) is 2.69. The number of nitrogens with zero attached hydrogens (tertiary/aromatic N) is 1. The van der Waals surface area contributed by atoms with Gasteiger partial charge < -0.3 is 10.6 Å². The van der Waals surface area contributed by atoms with E-state index in [0.29, 0.717) is 23.2 Å². The summed E-state index contributed by atoms with van der Waals surface area (Å²) >= 11 is 6.29. The van der Waals surface area contributed by atoms with E-state index in [1.54, 1.807) is 12.3 Å². The molecule has 2 rings (SSSR count). The van der Waals surface area contributed by atoms with Crippen LogP contribution < -0.4 is 10.6 Å². The van der Waals surface area contributed by atoms with E-state index in [1.807, 2.05) is 39.8 Å². The van der Waals surface area contributed by atoms with Crippen LogP contribution in [0.4, 0.5) is 17.2 Å². The molecule has 23 heavy (non-hydrogen) atoms. The highest BCUT2D eigenvalue weighted by Crippen LogP contribution is 2.30. The lowest BCUT2D eigenvalue weighted by atomic mass is 10.1. The third kappa shape index (κ3) is 4.96. The Morgan fingerprint density at radius 3 is 2.57 bits per heavy atom. The highest BCUT2D eigenvalue weighted by atomic mass is 35.5. The number of carbonyl (C=O) groups is 1. The van der Waals surface area contributed by atoms with Gasteiger partial charge in [-0.3, -0.25) is 4.79 Å². The summed E-state index contributed by atoms with van der Waals surface area (Å²) in [5.41, 5.74) is 3.89. The van der Waals surface area contributed by atoms with Gasteiger partial charge in [-0.1, -0.05) is 31.5 Å². The fourth-order valence-electron chi connectivity index (χ4n) is 2.32. The summed E-state index contributed by atoms with van der Waals surface area (Å²) in [6.07, 6.45) is 2.17. The molecule has 0 spiro atoms. The van der Waals surface area contributed by atoms with Crippen LogP contribution >= 0.6 is 11.6 Å². The summed E-state index contributed by atoms with van der Waals surface area (Å²) < 4.78 is 0. The number of amides is 1. The molecule has 0 saturated carbocycles. The van der Waals surface area contributed by atoms with Crippen LogP contribution in [0.1, 0.15) is 31.4 Å². The van der Waals surface area contributed by atoms with Gasteiger partial charge in [0.25, 0.3) is 0 Å². The maximum Gasteiger partial charge on any atom is 0.225 e. The van der Waals surface area contributed by atoms with Crippen molar-refractivity contribution in [3.63, 3.8) is 0 Å². The zero-order chi connectivity index (χ0) is 17.0. The molecule has 1 aromatic heterocycles. The van der Waals surface area contributed by atoms with Crippen molar-refractivity contribution in [2.45, 2.75) is 34.1 Å². The second-order valence-corrected chi connectivity index (χ2v) is 6.55. The Kier molecular flexibility index (Phi) is 5.61. The molecular formula is C18H22ClN3O. The predicted octanol–water partition coefficient (Wildman–Crippen LogP) is 5.08. The lowest BCUT2D eigenvalue weighted by Crippen LogP contribution is -2.14. The number of nitrogens with one attached hydrogen (secondary N) is 2. The number of anilines is 3. The van der Waals surface area contributed by atoms with Crippen molar-refractivity contribution in [3.05, 3.63) is 46.6 Å². The van der Waals surface area contributed by atoms with Gasteiger partial charge in [-0.25, -0.2) is 4.98 Å². The van der Waals surface area contributed by atoms with E-state index in [0.717, 1.165) is 22.5 Å². The number of aromatic nitrogens is 1. The van der Waals surface area contributed by atoms with E-state index in [4.69, 9.17) is 11.6 Å². The maximum absolute atomic E-state index is 11.7. The largest absolute Gasteiger partial charge is 0.353 e. The molecule has 2 N–H and O–H groups in total. The zero-order valence-corrected chi connectivity index (χ0v) is 14.7. The number of hydrogen-bond donors (Lipinski definition) is 2. The molecule has 1 amide bonds. The SMILES string of the molecule is Cc1cc(C)c(Nc2ccc(NC(=O)CC(C)C)nc2)c(Cl)c1. The summed E-state index contributed by atoms with van der Waals surface area (Å²) in [6.45, 7) is 8.04. The Labute approximate surface area is 142 Å². The zero-order valence-electron chi connectivity index (χ0n) is 13.9. The third-order valence-electron chi connectivity index (χ3n) is 3.33. The molecule has 0 atom stereocenters. The number of hydrogen-bond acceptors (Lipinski definition) is 3. The van der Waals surface area contributed by atoms with Crippen molar-refractivity contribution in [2.24, 2.45) is 5.92 Å². The highest BCUT2D eigenvalue weighted by Gasteiger charge is 2.08. The standard InChI is InChI=1S/C18H22ClN3O/c1-11(2)7-17(23)22-16-6-5-14(10-20-16)21-18-13(4)8-12(3)9-15(18)19/h5-6,8-11,21H,7H2,1-4H3,(H,20,22,23). The number of benzene rings is 1. The van der Waals surface area contributed by atoms with Crippen LogP contribution in [0.2, 0.25) is 5.02 Å². The Bertz CT molecular complexity index is 673. The average Bonchev–Trinajstić information content (AvgIpc) is 2.43.